The molecule has 0 saturated carbocycles. The normalized spacial score (nSPS) is 10.2. The van der Waals surface area contributed by atoms with E-state index in [1.807, 2.05) is 6.07 Å². The lowest BCUT2D eigenvalue weighted by Gasteiger charge is -2.04. The molecule has 1 rings (SSSR count). The predicted molar refractivity (Wildman–Crippen MR) is 46.4 cm³/mol. The lowest BCUT2D eigenvalue weighted by molar-refractivity contribution is 0.151. The molecule has 5 heteroatoms. The van der Waals surface area contributed by atoms with Crippen LogP contribution in [0.1, 0.15) is 23.4 Å². The van der Waals surface area contributed by atoms with Crippen molar-refractivity contribution in [1.82, 2.24) is 4.98 Å². The summed E-state index contributed by atoms with van der Waals surface area (Å²) in [5, 5.41) is 8.40. The Bertz CT molecular complexity index is 358. The Morgan fingerprint density at radius 1 is 1.43 bits per heavy atom. The Morgan fingerprint density at radius 2 is 2.07 bits per heavy atom. The number of nitrogens with zero attached hydrogens (tertiary/aromatic N) is 2. The van der Waals surface area contributed by atoms with Gasteiger partial charge in [0.1, 0.15) is 0 Å². The molecule has 0 fully saturated rings. The second-order valence-electron chi connectivity index (χ2n) is 2.72. The van der Waals surface area contributed by atoms with Crippen LogP contribution in [0.3, 0.4) is 0 Å². The molecule has 1 aromatic rings. The van der Waals surface area contributed by atoms with Gasteiger partial charge in [-0.05, 0) is 12.1 Å². The number of nitriles is 1. The molecular formula is C9H9F2N3. The maximum atomic E-state index is 12.4. The summed E-state index contributed by atoms with van der Waals surface area (Å²) >= 11 is 0. The minimum absolute atomic E-state index is 0.0214. The summed E-state index contributed by atoms with van der Waals surface area (Å²) in [5.41, 5.74) is 5.88. The molecule has 0 aromatic carbocycles. The van der Waals surface area contributed by atoms with E-state index in [2.05, 4.69) is 4.98 Å². The zero-order valence-electron chi connectivity index (χ0n) is 7.37. The van der Waals surface area contributed by atoms with Crippen molar-refractivity contribution < 1.29 is 8.78 Å². The molecule has 1 heterocycles. The summed E-state index contributed by atoms with van der Waals surface area (Å²) in [5.74, 6) is 0. The first-order valence-electron chi connectivity index (χ1n) is 4.02. The van der Waals surface area contributed by atoms with Crippen LogP contribution < -0.4 is 5.73 Å². The Balaban J connectivity index is 3.08. The third-order valence-corrected chi connectivity index (χ3v) is 1.68. The maximum absolute atomic E-state index is 12.4. The van der Waals surface area contributed by atoms with Crippen molar-refractivity contribution in [2.75, 3.05) is 0 Å². The smallest absolute Gasteiger partial charge is 0.263 e. The first-order chi connectivity index (χ1) is 6.67. The van der Waals surface area contributed by atoms with E-state index in [0.717, 1.165) is 0 Å². The van der Waals surface area contributed by atoms with E-state index in [-0.39, 0.29) is 18.5 Å². The Kier molecular flexibility index (Phi) is 3.48. The van der Waals surface area contributed by atoms with E-state index in [9.17, 15) is 8.78 Å². The van der Waals surface area contributed by atoms with Crippen molar-refractivity contribution in [3.8, 4) is 6.07 Å². The van der Waals surface area contributed by atoms with Gasteiger partial charge in [0.05, 0.1) is 23.9 Å². The van der Waals surface area contributed by atoms with Crippen molar-refractivity contribution in [3.63, 3.8) is 0 Å². The van der Waals surface area contributed by atoms with Crippen LogP contribution in [0.5, 0.6) is 0 Å². The van der Waals surface area contributed by atoms with Gasteiger partial charge in [-0.1, -0.05) is 0 Å². The van der Waals surface area contributed by atoms with Gasteiger partial charge in [0.2, 0.25) is 0 Å². The van der Waals surface area contributed by atoms with E-state index in [1.54, 1.807) is 0 Å². The van der Waals surface area contributed by atoms with Crippen LogP contribution in [-0.4, -0.2) is 4.98 Å². The number of nitrogens with two attached hydrogens (primary N) is 1. The Hall–Kier alpha value is -1.54. The van der Waals surface area contributed by atoms with Gasteiger partial charge in [-0.25, -0.2) is 8.78 Å². The van der Waals surface area contributed by atoms with Gasteiger partial charge in [-0.15, -0.1) is 0 Å². The molecule has 74 valence electrons. The molecule has 0 bridgehead atoms. The number of hydrogen-bond donors (Lipinski definition) is 1. The predicted octanol–water partition coefficient (Wildman–Crippen LogP) is 1.54. The second-order valence-corrected chi connectivity index (χ2v) is 2.72. The number of aromatic nitrogens is 1. The first-order valence-corrected chi connectivity index (χ1v) is 4.02. The van der Waals surface area contributed by atoms with Crippen LogP contribution in [0.15, 0.2) is 12.1 Å². The third-order valence-electron chi connectivity index (χ3n) is 1.68. The molecule has 14 heavy (non-hydrogen) atoms. The lowest BCUT2D eigenvalue weighted by Crippen LogP contribution is -2.04. The fourth-order valence-corrected chi connectivity index (χ4v) is 1.08. The number of pyridine rings is 1. The molecule has 1 aromatic heterocycles. The Labute approximate surface area is 80.2 Å². The summed E-state index contributed by atoms with van der Waals surface area (Å²) in [7, 11) is 0. The minimum atomic E-state index is -2.55. The molecule has 0 spiro atoms. The SMILES string of the molecule is N#CCc1cc(C(F)F)cc(CN)n1. The third kappa shape index (κ3) is 2.47. The van der Waals surface area contributed by atoms with Gasteiger partial charge in [-0.2, -0.15) is 5.26 Å². The number of alkyl halides is 2. The molecule has 0 radical (unpaired) electrons. The molecule has 0 unspecified atom stereocenters. The molecule has 2 N–H and O–H groups in total. The van der Waals surface area contributed by atoms with Crippen LogP contribution >= 0.6 is 0 Å². The molecule has 0 aliphatic rings. The van der Waals surface area contributed by atoms with Crippen molar-refractivity contribution in [2.24, 2.45) is 5.73 Å². The highest BCUT2D eigenvalue weighted by Crippen LogP contribution is 2.20. The van der Waals surface area contributed by atoms with Gasteiger partial charge in [0, 0.05) is 12.1 Å². The van der Waals surface area contributed by atoms with E-state index in [4.69, 9.17) is 11.0 Å². The number of hydrogen-bond acceptors (Lipinski definition) is 3. The van der Waals surface area contributed by atoms with E-state index >= 15 is 0 Å². The first kappa shape index (κ1) is 10.5. The van der Waals surface area contributed by atoms with Crippen molar-refractivity contribution in [3.05, 3.63) is 29.1 Å². The topological polar surface area (TPSA) is 62.7 Å². The summed E-state index contributed by atoms with van der Waals surface area (Å²) in [6.07, 6.45) is -2.53. The zero-order valence-corrected chi connectivity index (χ0v) is 7.37. The second kappa shape index (κ2) is 4.63. The van der Waals surface area contributed by atoms with Crippen molar-refractivity contribution >= 4 is 0 Å². The van der Waals surface area contributed by atoms with E-state index in [1.165, 1.54) is 12.1 Å². The molecule has 3 nitrogen and oxygen atoms in total. The maximum Gasteiger partial charge on any atom is 0.263 e. The average Bonchev–Trinajstić information content (AvgIpc) is 2.17. The summed E-state index contributed by atoms with van der Waals surface area (Å²) in [4.78, 5) is 3.94. The largest absolute Gasteiger partial charge is 0.325 e. The highest BCUT2D eigenvalue weighted by molar-refractivity contribution is 5.24. The number of halogens is 2. The molecule has 0 atom stereocenters. The molecule has 0 saturated heterocycles. The standard InChI is InChI=1S/C9H9F2N3/c10-9(11)6-3-7(1-2-12)14-8(4-6)5-13/h3-4,9H,1,5,13H2. The van der Waals surface area contributed by atoms with Gasteiger partial charge >= 0.3 is 0 Å². The van der Waals surface area contributed by atoms with Crippen LogP contribution in [0.4, 0.5) is 8.78 Å². The van der Waals surface area contributed by atoms with Gasteiger partial charge in [0.15, 0.2) is 0 Å². The molecular weight excluding hydrogens is 188 g/mol. The van der Waals surface area contributed by atoms with Crippen LogP contribution in [0, 0.1) is 11.3 Å². The summed E-state index contributed by atoms with van der Waals surface area (Å²) in [6.45, 7) is 0.0962. The molecule has 0 aliphatic heterocycles. The van der Waals surface area contributed by atoms with Gasteiger partial charge in [-0.3, -0.25) is 4.98 Å². The van der Waals surface area contributed by atoms with Gasteiger partial charge < -0.3 is 5.73 Å². The molecule has 0 amide bonds. The van der Waals surface area contributed by atoms with Crippen LogP contribution in [0.25, 0.3) is 0 Å². The highest BCUT2D eigenvalue weighted by atomic mass is 19.3. The summed E-state index contributed by atoms with van der Waals surface area (Å²) < 4.78 is 24.7. The Morgan fingerprint density at radius 3 is 2.57 bits per heavy atom. The monoisotopic (exact) mass is 197 g/mol. The highest BCUT2D eigenvalue weighted by Gasteiger charge is 2.10. The quantitative estimate of drug-likeness (QED) is 0.799. The average molecular weight is 197 g/mol. The lowest BCUT2D eigenvalue weighted by atomic mass is 10.1. The van der Waals surface area contributed by atoms with Crippen LogP contribution in [-0.2, 0) is 13.0 Å². The van der Waals surface area contributed by atoms with E-state index < -0.39 is 6.43 Å². The molecule has 0 aliphatic carbocycles. The summed E-state index contributed by atoms with van der Waals surface area (Å²) in [6, 6.07) is 4.34. The van der Waals surface area contributed by atoms with Crippen LogP contribution in [0.2, 0.25) is 0 Å². The minimum Gasteiger partial charge on any atom is -0.325 e. The van der Waals surface area contributed by atoms with E-state index in [0.29, 0.717) is 11.4 Å². The number of rotatable bonds is 3. The fourth-order valence-electron chi connectivity index (χ4n) is 1.08. The fraction of sp³-hybridized carbons (Fsp3) is 0.333. The zero-order chi connectivity index (χ0) is 10.6. The van der Waals surface area contributed by atoms with Crippen molar-refractivity contribution in [1.29, 1.82) is 5.26 Å². The van der Waals surface area contributed by atoms with Gasteiger partial charge in [0.25, 0.3) is 6.43 Å². The van der Waals surface area contributed by atoms with Crippen molar-refractivity contribution in [2.45, 2.75) is 19.4 Å².